The van der Waals surface area contributed by atoms with Crippen LogP contribution in [0.3, 0.4) is 0 Å². The Morgan fingerprint density at radius 1 is 1.29 bits per heavy atom. The lowest BCUT2D eigenvalue weighted by Crippen LogP contribution is -2.31. The second kappa shape index (κ2) is 5.50. The fraction of sp³-hybridized carbons (Fsp3) is 0.364. The van der Waals surface area contributed by atoms with Gasteiger partial charge in [-0.15, -0.1) is 0 Å². The van der Waals surface area contributed by atoms with E-state index in [1.54, 1.807) is 0 Å². The number of aromatic carboxylic acids is 1. The first-order chi connectivity index (χ1) is 9.64. The van der Waals surface area contributed by atoms with Crippen LogP contribution in [0.15, 0.2) is 17.0 Å². The van der Waals surface area contributed by atoms with Gasteiger partial charge in [-0.2, -0.15) is 4.31 Å². The molecule has 21 heavy (non-hydrogen) atoms. The van der Waals surface area contributed by atoms with Gasteiger partial charge in [0, 0.05) is 18.1 Å². The first kappa shape index (κ1) is 16.1. The van der Waals surface area contributed by atoms with E-state index in [9.17, 15) is 27.8 Å². The third kappa shape index (κ3) is 2.87. The predicted molar refractivity (Wildman–Crippen MR) is 69.1 cm³/mol. The number of aliphatic hydroxyl groups excluding tert-OH is 2. The van der Waals surface area contributed by atoms with Gasteiger partial charge in [0.05, 0.1) is 17.8 Å². The van der Waals surface area contributed by atoms with Crippen LogP contribution >= 0.6 is 11.6 Å². The Morgan fingerprint density at radius 3 is 2.29 bits per heavy atom. The summed E-state index contributed by atoms with van der Waals surface area (Å²) in [5.41, 5.74) is -0.874. The number of hydrogen-bond donors (Lipinski definition) is 3. The van der Waals surface area contributed by atoms with Gasteiger partial charge in [0.25, 0.3) is 0 Å². The van der Waals surface area contributed by atoms with Gasteiger partial charge < -0.3 is 15.3 Å². The monoisotopic (exact) mass is 339 g/mol. The van der Waals surface area contributed by atoms with E-state index in [-0.39, 0.29) is 5.02 Å². The lowest BCUT2D eigenvalue weighted by molar-refractivity contribution is 0.0572. The van der Waals surface area contributed by atoms with E-state index in [1.807, 2.05) is 0 Å². The smallest absolute Gasteiger partial charge is 0.338 e. The minimum absolute atomic E-state index is 0.257. The van der Waals surface area contributed by atoms with Crippen molar-refractivity contribution in [1.82, 2.24) is 4.31 Å². The number of halogens is 2. The van der Waals surface area contributed by atoms with Crippen LogP contribution in [0, 0.1) is 5.82 Å². The molecular formula is C11H11ClFNO6S. The highest BCUT2D eigenvalue weighted by atomic mass is 35.5. The average molecular weight is 340 g/mol. The molecule has 0 unspecified atom stereocenters. The van der Waals surface area contributed by atoms with Gasteiger partial charge >= 0.3 is 5.97 Å². The SMILES string of the molecule is O=C(O)c1cc(Cl)cc(S(=O)(=O)N2C[C@@H](O)[C@@H](O)C2)c1F. The average Bonchev–Trinajstić information content (AvgIpc) is 2.72. The van der Waals surface area contributed by atoms with Gasteiger partial charge in [-0.25, -0.2) is 17.6 Å². The molecule has 0 saturated carbocycles. The Morgan fingerprint density at radius 2 is 1.81 bits per heavy atom. The molecule has 10 heteroatoms. The van der Waals surface area contributed by atoms with Crippen molar-refractivity contribution in [2.24, 2.45) is 0 Å². The Balaban J connectivity index is 2.53. The Bertz CT molecular complexity index is 684. The highest BCUT2D eigenvalue weighted by Crippen LogP contribution is 2.28. The van der Waals surface area contributed by atoms with Crippen LogP contribution in [0.4, 0.5) is 4.39 Å². The molecule has 1 fully saturated rings. The molecule has 0 amide bonds. The molecule has 0 spiro atoms. The highest BCUT2D eigenvalue weighted by molar-refractivity contribution is 7.89. The molecule has 1 aromatic carbocycles. The van der Waals surface area contributed by atoms with Gasteiger partial charge in [0.2, 0.25) is 10.0 Å². The Labute approximate surface area is 124 Å². The lowest BCUT2D eigenvalue weighted by Gasteiger charge is -2.17. The van der Waals surface area contributed by atoms with Crippen molar-refractivity contribution in [3.63, 3.8) is 0 Å². The van der Waals surface area contributed by atoms with E-state index >= 15 is 0 Å². The molecule has 1 saturated heterocycles. The van der Waals surface area contributed by atoms with Gasteiger partial charge in [0.15, 0.2) is 5.82 Å². The number of aliphatic hydroxyl groups is 2. The number of sulfonamides is 1. The molecule has 1 aliphatic heterocycles. The standard InChI is InChI=1S/C11H11ClFNO6S/c12-5-1-6(11(17)18)10(13)9(2-5)21(19,20)14-3-7(15)8(16)4-14/h1-2,7-8,15-16H,3-4H2,(H,17,18)/t7-,8+. The molecule has 2 rings (SSSR count). The number of β-amino-alcohol motifs (C(OH)–C–C–N with tert-alkyl or cyclic N) is 2. The first-order valence-electron chi connectivity index (χ1n) is 5.73. The number of carbonyl (C=O) groups is 1. The van der Waals surface area contributed by atoms with Crippen molar-refractivity contribution in [2.75, 3.05) is 13.1 Å². The molecule has 116 valence electrons. The summed E-state index contributed by atoms with van der Waals surface area (Å²) in [5, 5.41) is 27.3. The minimum Gasteiger partial charge on any atom is -0.478 e. The third-order valence-electron chi connectivity index (χ3n) is 3.08. The van der Waals surface area contributed by atoms with Crippen LogP contribution in [0.5, 0.6) is 0 Å². The lowest BCUT2D eigenvalue weighted by atomic mass is 10.2. The van der Waals surface area contributed by atoms with Gasteiger partial charge in [-0.05, 0) is 12.1 Å². The van der Waals surface area contributed by atoms with Crippen LogP contribution in [-0.4, -0.2) is 59.3 Å². The Kier molecular flexibility index (Phi) is 4.22. The third-order valence-corrected chi connectivity index (χ3v) is 5.13. The van der Waals surface area contributed by atoms with E-state index in [0.29, 0.717) is 4.31 Å². The molecule has 0 radical (unpaired) electrons. The largest absolute Gasteiger partial charge is 0.478 e. The number of carboxylic acid groups (broad SMARTS) is 1. The molecule has 1 heterocycles. The predicted octanol–water partition coefficient (Wildman–Crippen LogP) is -0.0966. The molecule has 0 aliphatic carbocycles. The van der Waals surface area contributed by atoms with Crippen LogP contribution < -0.4 is 0 Å². The summed E-state index contributed by atoms with van der Waals surface area (Å²) in [5.74, 6) is -3.10. The van der Waals surface area contributed by atoms with Gasteiger partial charge in [-0.3, -0.25) is 0 Å². The Hall–Kier alpha value is -1.26. The summed E-state index contributed by atoms with van der Waals surface area (Å²) in [4.78, 5) is 9.98. The maximum atomic E-state index is 14.1. The summed E-state index contributed by atoms with van der Waals surface area (Å²) in [6, 6.07) is 1.58. The summed E-state index contributed by atoms with van der Waals surface area (Å²) in [6.45, 7) is -0.838. The van der Waals surface area contributed by atoms with Crippen LogP contribution in [0.1, 0.15) is 10.4 Å². The van der Waals surface area contributed by atoms with Gasteiger partial charge in [0.1, 0.15) is 4.90 Å². The van der Waals surface area contributed by atoms with Crippen LogP contribution in [0.25, 0.3) is 0 Å². The zero-order valence-electron chi connectivity index (χ0n) is 10.4. The molecule has 0 aromatic heterocycles. The number of hydrogen-bond acceptors (Lipinski definition) is 5. The zero-order valence-corrected chi connectivity index (χ0v) is 12.0. The van der Waals surface area contributed by atoms with E-state index in [0.717, 1.165) is 12.1 Å². The highest BCUT2D eigenvalue weighted by Gasteiger charge is 2.39. The first-order valence-corrected chi connectivity index (χ1v) is 7.55. The molecular weight excluding hydrogens is 329 g/mol. The number of nitrogens with zero attached hydrogens (tertiary/aromatic N) is 1. The van der Waals surface area contributed by atoms with Crippen molar-refractivity contribution in [2.45, 2.75) is 17.1 Å². The second-order valence-electron chi connectivity index (χ2n) is 4.53. The van der Waals surface area contributed by atoms with E-state index in [1.165, 1.54) is 0 Å². The number of carboxylic acids is 1. The van der Waals surface area contributed by atoms with Crippen molar-refractivity contribution in [1.29, 1.82) is 0 Å². The minimum atomic E-state index is -4.42. The second-order valence-corrected chi connectivity index (χ2v) is 6.87. The summed E-state index contributed by atoms with van der Waals surface area (Å²) >= 11 is 5.62. The van der Waals surface area contributed by atoms with Crippen molar-refractivity contribution in [3.05, 3.63) is 28.5 Å². The fourth-order valence-corrected chi connectivity index (χ4v) is 3.85. The zero-order chi connectivity index (χ0) is 15.9. The molecule has 1 aromatic rings. The maximum Gasteiger partial charge on any atom is 0.338 e. The normalized spacial score (nSPS) is 23.4. The molecule has 0 bridgehead atoms. The summed E-state index contributed by atoms with van der Waals surface area (Å²) in [7, 11) is -4.42. The number of benzene rings is 1. The summed E-state index contributed by atoms with van der Waals surface area (Å²) in [6.07, 6.45) is -2.58. The van der Waals surface area contributed by atoms with Crippen LogP contribution in [0.2, 0.25) is 5.02 Å². The molecule has 2 atom stereocenters. The fourth-order valence-electron chi connectivity index (χ4n) is 1.98. The summed E-state index contributed by atoms with van der Waals surface area (Å²) < 4.78 is 39.3. The van der Waals surface area contributed by atoms with Crippen LogP contribution in [-0.2, 0) is 10.0 Å². The molecule has 3 N–H and O–H groups in total. The van der Waals surface area contributed by atoms with Crippen molar-refractivity contribution >= 4 is 27.6 Å². The molecule has 7 nitrogen and oxygen atoms in total. The van der Waals surface area contributed by atoms with Gasteiger partial charge in [-0.1, -0.05) is 11.6 Å². The topological polar surface area (TPSA) is 115 Å². The number of rotatable bonds is 3. The quantitative estimate of drug-likeness (QED) is 0.708. The maximum absolute atomic E-state index is 14.1. The van der Waals surface area contributed by atoms with E-state index < -0.39 is 57.6 Å². The van der Waals surface area contributed by atoms with E-state index in [4.69, 9.17) is 16.7 Å². The van der Waals surface area contributed by atoms with Crippen molar-refractivity contribution < 1.29 is 32.9 Å². The van der Waals surface area contributed by atoms with Crippen molar-refractivity contribution in [3.8, 4) is 0 Å². The molecule has 1 aliphatic rings. The van der Waals surface area contributed by atoms with E-state index in [2.05, 4.69) is 0 Å².